The molecule has 3 N–H and O–H groups in total. The van der Waals surface area contributed by atoms with E-state index >= 15 is 0 Å². The number of hydrogen-bond donors (Lipinski definition) is 2. The van der Waals surface area contributed by atoms with E-state index in [1.165, 1.54) is 6.07 Å². The van der Waals surface area contributed by atoms with Crippen LogP contribution in [0.15, 0.2) is 24.3 Å². The molecule has 0 amide bonds. The first-order valence-corrected chi connectivity index (χ1v) is 4.26. The van der Waals surface area contributed by atoms with Crippen LogP contribution in [0.25, 0.3) is 0 Å². The second-order valence-corrected chi connectivity index (χ2v) is 2.93. The molecule has 0 bridgehead atoms. The lowest BCUT2D eigenvalue weighted by molar-refractivity contribution is -0.385. The lowest BCUT2D eigenvalue weighted by atomic mass is 10.0. The first-order valence-electron chi connectivity index (χ1n) is 4.26. The van der Waals surface area contributed by atoms with Crippen molar-refractivity contribution in [3.63, 3.8) is 0 Å². The number of nitrogens with two attached hydrogens (primary N) is 1. The Balaban J connectivity index is 0.00000196. The quantitative estimate of drug-likeness (QED) is 0.607. The maximum absolute atomic E-state index is 10.6. The topological polar surface area (TPSA) is 89.4 Å². The Labute approximate surface area is 93.5 Å². The third kappa shape index (κ3) is 3.47. The molecule has 0 radical (unpaired) electrons. The minimum atomic E-state index is -0.485. The summed E-state index contributed by atoms with van der Waals surface area (Å²) in [4.78, 5) is 10.2. The van der Waals surface area contributed by atoms with Crippen LogP contribution in [0, 0.1) is 10.1 Å². The zero-order valence-corrected chi connectivity index (χ0v) is 8.81. The van der Waals surface area contributed by atoms with Crippen molar-refractivity contribution in [2.24, 2.45) is 5.73 Å². The molecule has 0 aromatic heterocycles. The third-order valence-corrected chi connectivity index (χ3v) is 1.97. The molecule has 1 atom stereocenters. The number of benzene rings is 1. The second-order valence-electron chi connectivity index (χ2n) is 2.93. The van der Waals surface area contributed by atoms with Crippen molar-refractivity contribution in [1.29, 1.82) is 0 Å². The average Bonchev–Trinajstić information content (AvgIpc) is 2.18. The van der Waals surface area contributed by atoms with Crippen LogP contribution in [0.3, 0.4) is 0 Å². The van der Waals surface area contributed by atoms with Gasteiger partial charge in [-0.1, -0.05) is 18.2 Å². The molecular formula is C9H13ClN2O3. The Bertz CT molecular complexity index is 333. The highest BCUT2D eigenvalue weighted by atomic mass is 35.5. The number of nitro benzene ring substituents is 1. The Morgan fingerprint density at radius 1 is 1.47 bits per heavy atom. The molecule has 6 heteroatoms. The van der Waals surface area contributed by atoms with Crippen LogP contribution in [0.4, 0.5) is 5.69 Å². The number of nitro groups is 1. The van der Waals surface area contributed by atoms with Crippen molar-refractivity contribution >= 4 is 18.1 Å². The van der Waals surface area contributed by atoms with Crippen LogP contribution in [0.5, 0.6) is 0 Å². The molecule has 1 rings (SSSR count). The first-order chi connectivity index (χ1) is 6.66. The third-order valence-electron chi connectivity index (χ3n) is 1.97. The summed E-state index contributed by atoms with van der Waals surface area (Å²) in [5.41, 5.74) is 6.15. The summed E-state index contributed by atoms with van der Waals surface area (Å²) >= 11 is 0. The van der Waals surface area contributed by atoms with E-state index in [0.717, 1.165) is 0 Å². The summed E-state index contributed by atoms with van der Waals surface area (Å²) in [7, 11) is 0. The Hall–Kier alpha value is -1.17. The van der Waals surface area contributed by atoms with Gasteiger partial charge in [0, 0.05) is 24.3 Å². The largest absolute Gasteiger partial charge is 0.396 e. The standard InChI is InChI=1S/C9H12N2O3.ClH/c10-8(5-6-12)7-3-1-2-4-9(7)11(13)14;/h1-4,8,12H,5-6,10H2;1H. The molecule has 0 aliphatic carbocycles. The van der Waals surface area contributed by atoms with Crippen LogP contribution in [-0.4, -0.2) is 16.6 Å². The normalized spacial score (nSPS) is 11.6. The zero-order chi connectivity index (χ0) is 10.6. The molecule has 0 saturated heterocycles. The summed E-state index contributed by atoms with van der Waals surface area (Å²) < 4.78 is 0. The van der Waals surface area contributed by atoms with Gasteiger partial charge in [-0.2, -0.15) is 0 Å². The molecule has 1 aromatic carbocycles. The van der Waals surface area contributed by atoms with E-state index in [0.29, 0.717) is 12.0 Å². The number of halogens is 1. The van der Waals surface area contributed by atoms with E-state index in [2.05, 4.69) is 0 Å². The number of hydrogen-bond acceptors (Lipinski definition) is 4. The van der Waals surface area contributed by atoms with Crippen LogP contribution in [-0.2, 0) is 0 Å². The maximum Gasteiger partial charge on any atom is 0.274 e. The molecule has 0 fully saturated rings. The summed E-state index contributed by atoms with van der Waals surface area (Å²) in [5, 5.41) is 19.3. The average molecular weight is 233 g/mol. The van der Waals surface area contributed by atoms with E-state index in [-0.39, 0.29) is 24.7 Å². The van der Waals surface area contributed by atoms with E-state index in [9.17, 15) is 10.1 Å². The van der Waals surface area contributed by atoms with Gasteiger partial charge in [0.1, 0.15) is 0 Å². The van der Waals surface area contributed by atoms with E-state index in [4.69, 9.17) is 10.8 Å². The summed E-state index contributed by atoms with van der Waals surface area (Å²) in [6.07, 6.45) is 0.324. The Morgan fingerprint density at radius 2 is 2.07 bits per heavy atom. The van der Waals surface area contributed by atoms with Gasteiger partial charge in [-0.15, -0.1) is 12.4 Å². The number of para-hydroxylation sites is 1. The van der Waals surface area contributed by atoms with Gasteiger partial charge in [0.15, 0.2) is 0 Å². The molecule has 1 aromatic rings. The van der Waals surface area contributed by atoms with Crippen LogP contribution >= 0.6 is 12.4 Å². The number of rotatable bonds is 4. The van der Waals surface area contributed by atoms with Crippen molar-refractivity contribution in [3.05, 3.63) is 39.9 Å². The lowest BCUT2D eigenvalue weighted by Gasteiger charge is -2.09. The molecule has 0 heterocycles. The Kier molecular flexibility index (Phi) is 5.84. The fraction of sp³-hybridized carbons (Fsp3) is 0.333. The molecular weight excluding hydrogens is 220 g/mol. The zero-order valence-electron chi connectivity index (χ0n) is 8.00. The van der Waals surface area contributed by atoms with Gasteiger partial charge >= 0.3 is 0 Å². The van der Waals surface area contributed by atoms with E-state index in [1.807, 2.05) is 0 Å². The monoisotopic (exact) mass is 232 g/mol. The van der Waals surface area contributed by atoms with Gasteiger partial charge in [-0.25, -0.2) is 0 Å². The van der Waals surface area contributed by atoms with E-state index in [1.54, 1.807) is 18.2 Å². The maximum atomic E-state index is 10.6. The second kappa shape index (κ2) is 6.34. The highest BCUT2D eigenvalue weighted by Crippen LogP contribution is 2.24. The highest BCUT2D eigenvalue weighted by molar-refractivity contribution is 5.85. The molecule has 1 unspecified atom stereocenters. The van der Waals surface area contributed by atoms with Crippen molar-refractivity contribution in [3.8, 4) is 0 Å². The minimum Gasteiger partial charge on any atom is -0.396 e. The predicted octanol–water partition coefficient (Wildman–Crippen LogP) is 1.40. The summed E-state index contributed by atoms with van der Waals surface area (Å²) in [6.45, 7) is -0.0762. The molecule has 0 aliphatic heterocycles. The molecule has 0 spiro atoms. The van der Waals surface area contributed by atoms with Crippen LogP contribution in [0.1, 0.15) is 18.0 Å². The van der Waals surface area contributed by atoms with Crippen molar-refractivity contribution in [1.82, 2.24) is 0 Å². The number of aliphatic hydroxyl groups excluding tert-OH is 1. The SMILES string of the molecule is Cl.NC(CCO)c1ccccc1[N+](=O)[O-]. The highest BCUT2D eigenvalue weighted by Gasteiger charge is 2.17. The van der Waals surface area contributed by atoms with Gasteiger partial charge in [-0.3, -0.25) is 10.1 Å². The molecule has 5 nitrogen and oxygen atoms in total. The number of aliphatic hydroxyl groups is 1. The predicted molar refractivity (Wildman–Crippen MR) is 59.0 cm³/mol. The molecule has 84 valence electrons. The fourth-order valence-corrected chi connectivity index (χ4v) is 1.26. The Morgan fingerprint density at radius 3 is 2.60 bits per heavy atom. The van der Waals surface area contributed by atoms with Gasteiger partial charge in [-0.05, 0) is 6.42 Å². The van der Waals surface area contributed by atoms with Crippen molar-refractivity contribution in [2.75, 3.05) is 6.61 Å². The van der Waals surface area contributed by atoms with Crippen LogP contribution in [0.2, 0.25) is 0 Å². The number of nitrogens with zero attached hydrogens (tertiary/aromatic N) is 1. The van der Waals surface area contributed by atoms with Crippen molar-refractivity contribution < 1.29 is 10.0 Å². The van der Waals surface area contributed by atoms with Gasteiger partial charge in [0.2, 0.25) is 0 Å². The van der Waals surface area contributed by atoms with Gasteiger partial charge < -0.3 is 10.8 Å². The molecule has 0 saturated carbocycles. The summed E-state index contributed by atoms with van der Waals surface area (Å²) in [5.74, 6) is 0. The smallest absolute Gasteiger partial charge is 0.274 e. The van der Waals surface area contributed by atoms with Gasteiger partial charge in [0.25, 0.3) is 5.69 Å². The van der Waals surface area contributed by atoms with Gasteiger partial charge in [0.05, 0.1) is 4.92 Å². The first kappa shape index (κ1) is 13.8. The van der Waals surface area contributed by atoms with Crippen LogP contribution < -0.4 is 5.73 Å². The lowest BCUT2D eigenvalue weighted by Crippen LogP contribution is -2.13. The molecule has 0 aliphatic rings. The molecule has 15 heavy (non-hydrogen) atoms. The minimum absolute atomic E-state index is 0. The summed E-state index contributed by atoms with van der Waals surface area (Å²) in [6, 6.07) is 5.82. The van der Waals surface area contributed by atoms with E-state index < -0.39 is 11.0 Å². The fourth-order valence-electron chi connectivity index (χ4n) is 1.26. The van der Waals surface area contributed by atoms with Crippen molar-refractivity contribution in [2.45, 2.75) is 12.5 Å².